The Balaban J connectivity index is 1.24. The average Bonchev–Trinajstić information content (AvgIpc) is 3.76. The van der Waals surface area contributed by atoms with Gasteiger partial charge in [-0.15, -0.1) is 0 Å². The molecule has 1 N–H and O–H groups in total. The number of halogens is 1. The van der Waals surface area contributed by atoms with E-state index >= 15 is 0 Å². The quantitative estimate of drug-likeness (QED) is 0.613. The van der Waals surface area contributed by atoms with Gasteiger partial charge in [0.15, 0.2) is 5.60 Å². The van der Waals surface area contributed by atoms with Crippen LogP contribution in [0.25, 0.3) is 0 Å². The number of rotatable bonds is 4. The molecule has 2 saturated carbocycles. The Bertz CT molecular complexity index is 1180. The number of ether oxygens (including phenoxy) is 2. The second kappa shape index (κ2) is 7.60. The van der Waals surface area contributed by atoms with Crippen molar-refractivity contribution in [1.82, 2.24) is 9.21 Å². The number of hydrogen-bond acceptors (Lipinski definition) is 5. The number of hydrogen-bond donors (Lipinski definition) is 1. The molecule has 7 nitrogen and oxygen atoms in total. The number of nitrogens with zero attached hydrogens (tertiary/aromatic N) is 2. The number of amides is 1. The number of carbonyl (C=O) groups is 1. The Morgan fingerprint density at radius 3 is 2.49 bits per heavy atom. The lowest BCUT2D eigenvalue weighted by Gasteiger charge is -2.45. The molecule has 5 fully saturated rings. The van der Waals surface area contributed by atoms with Gasteiger partial charge in [-0.25, -0.2) is 13.3 Å². The SMILES string of the molecule is CCC1(O)CC2CCC(C1)N2C(=O)OC12CC1=S(=O)(c1ccc(Cl)cc1)N1[C@H](C3CC3)COC[C@@H]12. The molecule has 6 aliphatic rings. The van der Waals surface area contributed by atoms with E-state index in [1.165, 1.54) is 0 Å². The van der Waals surface area contributed by atoms with E-state index < -0.39 is 20.9 Å². The minimum Gasteiger partial charge on any atom is -0.435 e. The highest BCUT2D eigenvalue weighted by Crippen LogP contribution is 2.57. The first-order valence-electron chi connectivity index (χ1n) is 13.1. The van der Waals surface area contributed by atoms with Crippen LogP contribution in [0.15, 0.2) is 29.2 Å². The van der Waals surface area contributed by atoms with Crippen LogP contribution in [0.5, 0.6) is 0 Å². The van der Waals surface area contributed by atoms with E-state index in [2.05, 4.69) is 4.31 Å². The van der Waals surface area contributed by atoms with Gasteiger partial charge in [0.1, 0.15) is 0 Å². The van der Waals surface area contributed by atoms with Crippen molar-refractivity contribution in [3.05, 3.63) is 29.3 Å². The van der Waals surface area contributed by atoms with E-state index in [-0.39, 0.29) is 30.3 Å². The van der Waals surface area contributed by atoms with Crippen molar-refractivity contribution in [2.24, 2.45) is 5.92 Å². The van der Waals surface area contributed by atoms with Crippen LogP contribution in [-0.4, -0.2) is 78.1 Å². The van der Waals surface area contributed by atoms with Crippen molar-refractivity contribution in [3.8, 4) is 0 Å². The monoisotopic (exact) mass is 520 g/mol. The fourth-order valence-corrected chi connectivity index (χ4v) is 11.0. The lowest BCUT2D eigenvalue weighted by Crippen LogP contribution is -2.59. The smallest absolute Gasteiger partial charge is 0.411 e. The van der Waals surface area contributed by atoms with Gasteiger partial charge < -0.3 is 19.5 Å². The van der Waals surface area contributed by atoms with Crippen molar-refractivity contribution in [1.29, 1.82) is 0 Å². The number of carbonyl (C=O) groups excluding carboxylic acids is 1. The summed E-state index contributed by atoms with van der Waals surface area (Å²) in [6.07, 6.45) is 6.13. The zero-order valence-electron chi connectivity index (χ0n) is 20.0. The predicted molar refractivity (Wildman–Crippen MR) is 133 cm³/mol. The van der Waals surface area contributed by atoms with E-state index in [1.54, 1.807) is 12.1 Å². The maximum atomic E-state index is 15.0. The van der Waals surface area contributed by atoms with Gasteiger partial charge in [0.2, 0.25) is 0 Å². The average molecular weight is 521 g/mol. The Morgan fingerprint density at radius 2 is 1.86 bits per heavy atom. The molecule has 1 amide bonds. The van der Waals surface area contributed by atoms with E-state index in [9.17, 15) is 14.1 Å². The van der Waals surface area contributed by atoms with Crippen LogP contribution in [0, 0.1) is 5.92 Å². The summed E-state index contributed by atoms with van der Waals surface area (Å²) >= 11 is 6.16. The molecule has 9 heteroatoms. The Labute approximate surface area is 211 Å². The predicted octanol–water partition coefficient (Wildman–Crippen LogP) is 3.61. The van der Waals surface area contributed by atoms with Gasteiger partial charge in [0.25, 0.3) is 0 Å². The van der Waals surface area contributed by atoms with Gasteiger partial charge in [-0.05, 0) is 75.1 Å². The molecule has 7 rings (SSSR count). The summed E-state index contributed by atoms with van der Waals surface area (Å²) in [7, 11) is -2.70. The standard InChI is InChI=1S/C26H33ClN2O5S/c1-2-25(31)11-18-7-8-19(12-25)28(18)24(30)34-26-13-23(26)35(32,20-9-5-17(27)6-10-20)29-21(16-3-4-16)14-33-15-22(26)29/h5-6,9-10,16,18-19,21-22,31H,2-4,7-8,11-15H2,1H3/t18?,19?,21-,22+,25?,26?,35?/m0/s1. The fraction of sp³-hybridized carbons (Fsp3) is 0.692. The van der Waals surface area contributed by atoms with Crippen LogP contribution in [0.3, 0.4) is 0 Å². The lowest BCUT2D eigenvalue weighted by atomic mass is 9.84. The molecule has 4 aliphatic heterocycles. The van der Waals surface area contributed by atoms with Crippen molar-refractivity contribution < 1.29 is 23.6 Å². The molecule has 1 aromatic carbocycles. The first-order chi connectivity index (χ1) is 16.8. The number of piperidine rings is 1. The molecular formula is C26H33ClN2O5S. The van der Waals surface area contributed by atoms with Crippen LogP contribution < -0.4 is 0 Å². The van der Waals surface area contributed by atoms with Crippen molar-refractivity contribution in [2.45, 2.75) is 98.6 Å². The molecule has 4 heterocycles. The highest BCUT2D eigenvalue weighted by atomic mass is 35.5. The molecule has 3 saturated heterocycles. The maximum Gasteiger partial charge on any atom is 0.411 e. The number of fused-ring (bicyclic) bond motifs is 5. The van der Waals surface area contributed by atoms with Crippen LogP contribution >= 0.6 is 11.6 Å². The molecule has 0 spiro atoms. The summed E-state index contributed by atoms with van der Waals surface area (Å²) in [6.45, 7) is 2.99. The fourth-order valence-electron chi connectivity index (χ4n) is 7.33. The molecule has 0 radical (unpaired) electrons. The first-order valence-corrected chi connectivity index (χ1v) is 14.9. The lowest BCUT2D eigenvalue weighted by molar-refractivity contribution is -0.0782. The van der Waals surface area contributed by atoms with E-state index in [1.807, 2.05) is 24.0 Å². The third-order valence-corrected chi connectivity index (χ3v) is 12.9. The molecule has 1 aromatic rings. The van der Waals surface area contributed by atoms with Crippen molar-refractivity contribution in [3.63, 3.8) is 0 Å². The highest BCUT2D eigenvalue weighted by Gasteiger charge is 2.73. The van der Waals surface area contributed by atoms with Crippen LogP contribution in [0.2, 0.25) is 5.02 Å². The Morgan fingerprint density at radius 1 is 1.17 bits per heavy atom. The minimum absolute atomic E-state index is 0.00439. The molecule has 6 atom stereocenters. The third-order valence-electron chi connectivity index (χ3n) is 9.43. The van der Waals surface area contributed by atoms with Gasteiger partial charge in [-0.3, -0.25) is 0 Å². The van der Waals surface area contributed by atoms with Crippen molar-refractivity contribution >= 4 is 32.3 Å². The maximum absolute atomic E-state index is 15.0. The summed E-state index contributed by atoms with van der Waals surface area (Å²) in [6, 6.07) is 7.15. The molecule has 4 unspecified atom stereocenters. The second-order valence-electron chi connectivity index (χ2n) is 11.4. The van der Waals surface area contributed by atoms with Gasteiger partial charge in [-0.2, -0.15) is 0 Å². The largest absolute Gasteiger partial charge is 0.435 e. The summed E-state index contributed by atoms with van der Waals surface area (Å²) in [5.41, 5.74) is -1.56. The summed E-state index contributed by atoms with van der Waals surface area (Å²) < 4.78 is 29.6. The van der Waals surface area contributed by atoms with E-state index in [4.69, 9.17) is 21.1 Å². The van der Waals surface area contributed by atoms with Crippen LogP contribution in [0.4, 0.5) is 4.79 Å². The van der Waals surface area contributed by atoms with Crippen LogP contribution in [0.1, 0.15) is 58.3 Å². The van der Waals surface area contributed by atoms with Gasteiger partial charge in [0, 0.05) is 34.5 Å². The van der Waals surface area contributed by atoms with Gasteiger partial charge in [-0.1, -0.05) is 18.5 Å². The zero-order valence-corrected chi connectivity index (χ0v) is 21.6. The summed E-state index contributed by atoms with van der Waals surface area (Å²) in [5.74, 6) is 0.474. The normalized spacial score (nSPS) is 44.2. The van der Waals surface area contributed by atoms with E-state index in [0.29, 0.717) is 49.8 Å². The van der Waals surface area contributed by atoms with Crippen LogP contribution in [-0.2, 0) is 19.2 Å². The molecule has 2 aliphatic carbocycles. The Hall–Kier alpha value is -1.32. The number of morpholine rings is 1. The summed E-state index contributed by atoms with van der Waals surface area (Å²) in [4.78, 5) is 17.1. The second-order valence-corrected chi connectivity index (χ2v) is 14.3. The third kappa shape index (κ3) is 3.22. The van der Waals surface area contributed by atoms with Gasteiger partial charge in [0.05, 0.1) is 39.4 Å². The minimum atomic E-state index is -2.70. The van der Waals surface area contributed by atoms with E-state index in [0.717, 1.165) is 35.4 Å². The molecular weight excluding hydrogens is 488 g/mol. The molecule has 2 bridgehead atoms. The molecule has 190 valence electrons. The zero-order chi connectivity index (χ0) is 24.2. The topological polar surface area (TPSA) is 79.3 Å². The Kier molecular flexibility index (Phi) is 4.96. The molecule has 35 heavy (non-hydrogen) atoms. The number of aliphatic hydroxyl groups is 1. The summed E-state index contributed by atoms with van der Waals surface area (Å²) in [5, 5.41) is 11.5. The molecule has 0 aromatic heterocycles. The number of benzene rings is 1. The van der Waals surface area contributed by atoms with Crippen molar-refractivity contribution in [2.75, 3.05) is 13.2 Å². The first kappa shape index (κ1) is 22.8. The highest BCUT2D eigenvalue weighted by molar-refractivity contribution is 8.01. The van der Waals surface area contributed by atoms with Gasteiger partial charge >= 0.3 is 6.09 Å².